The lowest BCUT2D eigenvalue weighted by molar-refractivity contribution is 0.0956. The van der Waals surface area contributed by atoms with E-state index in [1.807, 2.05) is 66.7 Å². The first-order valence-electron chi connectivity index (χ1n) is 10.1. The van der Waals surface area contributed by atoms with Crippen LogP contribution < -0.4 is 10.2 Å². The molecular formula is C26H19Br2N3O2. The average molecular weight is 565 g/mol. The van der Waals surface area contributed by atoms with Gasteiger partial charge in [0, 0.05) is 10.9 Å². The number of ether oxygens (including phenoxy) is 1. The maximum Gasteiger partial charge on any atom is 0.272 e. The Bertz CT molecular complexity index is 1330. The molecule has 0 saturated carbocycles. The van der Waals surface area contributed by atoms with Crippen LogP contribution in [0.2, 0.25) is 0 Å². The molecule has 3 aromatic carbocycles. The molecule has 4 rings (SSSR count). The number of para-hydroxylation sites is 1. The molecule has 1 aromatic heterocycles. The molecule has 0 aliphatic carbocycles. The highest BCUT2D eigenvalue weighted by Gasteiger charge is 2.14. The number of benzene rings is 3. The molecule has 7 heteroatoms. The fourth-order valence-electron chi connectivity index (χ4n) is 3.28. The minimum absolute atomic E-state index is 0.314. The molecule has 0 radical (unpaired) electrons. The van der Waals surface area contributed by atoms with Crippen LogP contribution in [0.15, 0.2) is 99.5 Å². The van der Waals surface area contributed by atoms with Crippen molar-refractivity contribution in [2.24, 2.45) is 5.10 Å². The van der Waals surface area contributed by atoms with Gasteiger partial charge in [0.25, 0.3) is 5.91 Å². The molecule has 5 nitrogen and oxygen atoms in total. The lowest BCUT2D eigenvalue weighted by Crippen LogP contribution is -2.18. The van der Waals surface area contributed by atoms with E-state index >= 15 is 0 Å². The summed E-state index contributed by atoms with van der Waals surface area (Å²) in [4.78, 5) is 17.8. The summed E-state index contributed by atoms with van der Waals surface area (Å²) in [5.41, 5.74) is 6.34. The van der Waals surface area contributed by atoms with Crippen molar-refractivity contribution in [2.75, 3.05) is 6.61 Å². The average Bonchev–Trinajstić information content (AvgIpc) is 2.83. The smallest absolute Gasteiger partial charge is 0.272 e. The van der Waals surface area contributed by atoms with Crippen LogP contribution in [0.25, 0.3) is 22.2 Å². The molecular weight excluding hydrogens is 546 g/mol. The topological polar surface area (TPSA) is 63.6 Å². The van der Waals surface area contributed by atoms with E-state index in [0.29, 0.717) is 17.9 Å². The second kappa shape index (κ2) is 10.6. The summed E-state index contributed by atoms with van der Waals surface area (Å²) in [6, 6.07) is 22.8. The van der Waals surface area contributed by atoms with Crippen LogP contribution in [0.1, 0.15) is 15.9 Å². The molecule has 164 valence electrons. The van der Waals surface area contributed by atoms with Gasteiger partial charge in [0.15, 0.2) is 0 Å². The highest BCUT2D eigenvalue weighted by molar-refractivity contribution is 9.11. The Labute approximate surface area is 208 Å². The summed E-state index contributed by atoms with van der Waals surface area (Å²) in [6.45, 7) is 4.05. The van der Waals surface area contributed by atoms with E-state index in [4.69, 9.17) is 9.72 Å². The number of nitrogens with one attached hydrogen (secondary N) is 1. The Morgan fingerprint density at radius 1 is 1.03 bits per heavy atom. The third-order valence-electron chi connectivity index (χ3n) is 4.78. The Morgan fingerprint density at radius 3 is 2.45 bits per heavy atom. The number of nitrogens with zero attached hydrogens (tertiary/aromatic N) is 2. The normalized spacial score (nSPS) is 11.0. The predicted molar refractivity (Wildman–Crippen MR) is 140 cm³/mol. The first-order valence-corrected chi connectivity index (χ1v) is 11.7. The molecule has 0 aliphatic rings. The Morgan fingerprint density at radius 2 is 1.73 bits per heavy atom. The van der Waals surface area contributed by atoms with E-state index in [1.54, 1.807) is 18.4 Å². The van der Waals surface area contributed by atoms with Crippen molar-refractivity contribution in [1.82, 2.24) is 10.4 Å². The largest absolute Gasteiger partial charge is 0.487 e. The van der Waals surface area contributed by atoms with Crippen LogP contribution >= 0.6 is 31.9 Å². The number of amides is 1. The first kappa shape index (κ1) is 22.9. The predicted octanol–water partition coefficient (Wildman–Crippen LogP) is 6.76. The quantitative estimate of drug-likeness (QED) is 0.153. The van der Waals surface area contributed by atoms with Crippen LogP contribution in [-0.2, 0) is 0 Å². The monoisotopic (exact) mass is 563 g/mol. The van der Waals surface area contributed by atoms with Gasteiger partial charge in [-0.15, -0.1) is 0 Å². The first-order chi connectivity index (χ1) is 16.1. The summed E-state index contributed by atoms with van der Waals surface area (Å²) in [7, 11) is 0. The molecule has 33 heavy (non-hydrogen) atoms. The lowest BCUT2D eigenvalue weighted by atomic mass is 10.0. The van der Waals surface area contributed by atoms with Crippen molar-refractivity contribution in [3.63, 3.8) is 0 Å². The van der Waals surface area contributed by atoms with E-state index < -0.39 is 0 Å². The number of hydrogen-bond donors (Lipinski definition) is 1. The van der Waals surface area contributed by atoms with Crippen molar-refractivity contribution in [1.29, 1.82) is 0 Å². The fraction of sp³-hybridized carbons (Fsp3) is 0.0385. The maximum atomic E-state index is 13.0. The SMILES string of the molecule is C=CCOc1c(Br)cc(/C=N\NC(=O)c2cc(-c3ccccc3)nc3ccccc23)cc1Br. The number of fused-ring (bicyclic) bond motifs is 1. The van der Waals surface area contributed by atoms with Gasteiger partial charge in [-0.05, 0) is 61.7 Å². The van der Waals surface area contributed by atoms with Crippen LogP contribution in [0.3, 0.4) is 0 Å². The zero-order valence-corrected chi connectivity index (χ0v) is 20.6. The van der Waals surface area contributed by atoms with Gasteiger partial charge in [-0.1, -0.05) is 61.2 Å². The molecule has 0 atom stereocenters. The van der Waals surface area contributed by atoms with Crippen molar-refractivity contribution >= 4 is 54.9 Å². The highest BCUT2D eigenvalue weighted by atomic mass is 79.9. The zero-order valence-electron chi connectivity index (χ0n) is 17.5. The number of hydrazone groups is 1. The third kappa shape index (κ3) is 5.38. The van der Waals surface area contributed by atoms with E-state index in [-0.39, 0.29) is 5.91 Å². The second-order valence-corrected chi connectivity index (χ2v) is 8.76. The van der Waals surface area contributed by atoms with Gasteiger partial charge in [0.1, 0.15) is 12.4 Å². The van der Waals surface area contributed by atoms with Crippen LogP contribution in [0.4, 0.5) is 0 Å². The van der Waals surface area contributed by atoms with Crippen molar-refractivity contribution in [3.8, 4) is 17.0 Å². The fourth-order valence-corrected chi connectivity index (χ4v) is 4.73. The summed E-state index contributed by atoms with van der Waals surface area (Å²) in [5, 5.41) is 4.92. The number of pyridine rings is 1. The van der Waals surface area contributed by atoms with Gasteiger partial charge < -0.3 is 4.74 Å². The summed E-state index contributed by atoms with van der Waals surface area (Å²) >= 11 is 7.00. The van der Waals surface area contributed by atoms with E-state index in [0.717, 1.165) is 36.7 Å². The van der Waals surface area contributed by atoms with Gasteiger partial charge in [0.05, 0.1) is 31.9 Å². The number of hydrogen-bond acceptors (Lipinski definition) is 4. The highest BCUT2D eigenvalue weighted by Crippen LogP contribution is 2.34. The summed E-state index contributed by atoms with van der Waals surface area (Å²) in [6.07, 6.45) is 3.25. The maximum absolute atomic E-state index is 13.0. The van der Waals surface area contributed by atoms with Gasteiger partial charge in [0.2, 0.25) is 0 Å². The Hall–Kier alpha value is -3.29. The molecule has 0 unspecified atom stereocenters. The van der Waals surface area contributed by atoms with Gasteiger partial charge in [-0.25, -0.2) is 10.4 Å². The van der Waals surface area contributed by atoms with Gasteiger partial charge >= 0.3 is 0 Å². The molecule has 1 amide bonds. The van der Waals surface area contributed by atoms with Crippen LogP contribution in [0.5, 0.6) is 5.75 Å². The summed E-state index contributed by atoms with van der Waals surface area (Å²) in [5.74, 6) is 0.360. The van der Waals surface area contributed by atoms with Crippen molar-refractivity contribution in [2.45, 2.75) is 0 Å². The number of carbonyl (C=O) groups is 1. The van der Waals surface area contributed by atoms with E-state index in [2.05, 4.69) is 49.0 Å². The molecule has 1 N–H and O–H groups in total. The molecule has 0 fully saturated rings. The Kier molecular flexibility index (Phi) is 7.32. The lowest BCUT2D eigenvalue weighted by Gasteiger charge is -2.10. The van der Waals surface area contributed by atoms with Crippen LogP contribution in [-0.4, -0.2) is 23.7 Å². The van der Waals surface area contributed by atoms with Gasteiger partial charge in [-0.2, -0.15) is 5.10 Å². The summed E-state index contributed by atoms with van der Waals surface area (Å²) < 4.78 is 7.16. The van der Waals surface area contributed by atoms with E-state index in [9.17, 15) is 4.79 Å². The number of carbonyl (C=O) groups excluding carboxylic acids is 1. The minimum Gasteiger partial charge on any atom is -0.487 e. The molecule has 0 bridgehead atoms. The van der Waals surface area contributed by atoms with Crippen LogP contribution in [0, 0.1) is 0 Å². The number of halogens is 2. The zero-order chi connectivity index (χ0) is 23.2. The standard InChI is InChI=1S/C26H19Br2N3O2/c1-2-12-33-25-21(27)13-17(14-22(25)28)16-29-31-26(32)20-15-24(18-8-4-3-5-9-18)30-23-11-7-6-10-19(20)23/h2-11,13-16H,1,12H2,(H,31,32)/b29-16-. The molecule has 4 aromatic rings. The molecule has 0 spiro atoms. The van der Waals surface area contributed by atoms with E-state index in [1.165, 1.54) is 0 Å². The molecule has 0 saturated heterocycles. The second-order valence-electron chi connectivity index (χ2n) is 7.05. The van der Waals surface area contributed by atoms with Crippen molar-refractivity contribution < 1.29 is 9.53 Å². The minimum atomic E-state index is -0.314. The van der Waals surface area contributed by atoms with Crippen molar-refractivity contribution in [3.05, 3.63) is 106 Å². The van der Waals surface area contributed by atoms with Gasteiger partial charge in [-0.3, -0.25) is 4.79 Å². The Balaban J connectivity index is 1.59. The molecule has 1 heterocycles. The molecule has 0 aliphatic heterocycles. The third-order valence-corrected chi connectivity index (χ3v) is 5.95. The number of aromatic nitrogens is 1. The number of rotatable bonds is 7.